The third-order valence-electron chi connectivity index (χ3n) is 3.21. The molecule has 0 amide bonds. The van der Waals surface area contributed by atoms with Gasteiger partial charge in [0.15, 0.2) is 9.84 Å². The molecule has 1 saturated heterocycles. The SMILES string of the molecule is CCN(C1CCS(=O)(=O)C1)S(=O)(=O)c1cncc(Br)c1. The molecule has 0 aromatic carbocycles. The van der Waals surface area contributed by atoms with Crippen molar-refractivity contribution in [2.45, 2.75) is 24.3 Å². The second-order valence-corrected chi connectivity index (χ2v) is 9.64. The van der Waals surface area contributed by atoms with Crippen LogP contribution in [0.25, 0.3) is 0 Å². The molecule has 1 fully saturated rings. The van der Waals surface area contributed by atoms with Crippen molar-refractivity contribution < 1.29 is 16.8 Å². The molecule has 9 heteroatoms. The van der Waals surface area contributed by atoms with Crippen LogP contribution < -0.4 is 0 Å². The molecule has 0 saturated carbocycles. The topological polar surface area (TPSA) is 84.4 Å². The average Bonchev–Trinajstić information content (AvgIpc) is 2.70. The van der Waals surface area contributed by atoms with Gasteiger partial charge in [-0.2, -0.15) is 4.31 Å². The van der Waals surface area contributed by atoms with E-state index in [-0.39, 0.29) is 22.9 Å². The Morgan fingerprint density at radius 1 is 1.45 bits per heavy atom. The second kappa shape index (κ2) is 5.70. The van der Waals surface area contributed by atoms with E-state index in [2.05, 4.69) is 20.9 Å². The number of sulfone groups is 1. The minimum atomic E-state index is -3.73. The van der Waals surface area contributed by atoms with E-state index in [4.69, 9.17) is 0 Å². The van der Waals surface area contributed by atoms with Gasteiger partial charge >= 0.3 is 0 Å². The maximum atomic E-state index is 12.6. The van der Waals surface area contributed by atoms with Crippen LogP contribution in [0.2, 0.25) is 0 Å². The van der Waals surface area contributed by atoms with Crippen molar-refractivity contribution in [2.24, 2.45) is 0 Å². The summed E-state index contributed by atoms with van der Waals surface area (Å²) in [6.45, 7) is 1.93. The zero-order valence-corrected chi connectivity index (χ0v) is 14.1. The predicted molar refractivity (Wildman–Crippen MR) is 78.6 cm³/mol. The number of aromatic nitrogens is 1. The second-order valence-electron chi connectivity index (χ2n) is 4.60. The smallest absolute Gasteiger partial charge is 0.244 e. The van der Waals surface area contributed by atoms with E-state index in [9.17, 15) is 16.8 Å². The van der Waals surface area contributed by atoms with Gasteiger partial charge in [-0.15, -0.1) is 0 Å². The number of pyridine rings is 1. The zero-order valence-electron chi connectivity index (χ0n) is 10.9. The zero-order chi connectivity index (χ0) is 15.0. The molecule has 112 valence electrons. The molecule has 6 nitrogen and oxygen atoms in total. The summed E-state index contributed by atoms with van der Waals surface area (Å²) in [6.07, 6.45) is 3.11. The van der Waals surface area contributed by atoms with Gasteiger partial charge in [0.2, 0.25) is 10.0 Å². The monoisotopic (exact) mass is 382 g/mol. The molecule has 0 radical (unpaired) electrons. The van der Waals surface area contributed by atoms with E-state index < -0.39 is 25.9 Å². The minimum Gasteiger partial charge on any atom is -0.262 e. The Morgan fingerprint density at radius 3 is 2.65 bits per heavy atom. The molecule has 1 aromatic rings. The Kier molecular flexibility index (Phi) is 4.53. The van der Waals surface area contributed by atoms with Gasteiger partial charge in [0.05, 0.1) is 11.5 Å². The summed E-state index contributed by atoms with van der Waals surface area (Å²) >= 11 is 3.19. The van der Waals surface area contributed by atoms with Crippen LogP contribution in [-0.2, 0) is 19.9 Å². The molecule has 1 atom stereocenters. The molecule has 0 bridgehead atoms. The van der Waals surface area contributed by atoms with Crippen LogP contribution in [0.1, 0.15) is 13.3 Å². The van der Waals surface area contributed by atoms with Gasteiger partial charge < -0.3 is 0 Å². The van der Waals surface area contributed by atoms with Crippen LogP contribution in [0.4, 0.5) is 0 Å². The average molecular weight is 383 g/mol. The van der Waals surface area contributed by atoms with Crippen LogP contribution in [0.3, 0.4) is 0 Å². The van der Waals surface area contributed by atoms with Crippen molar-refractivity contribution in [3.8, 4) is 0 Å². The normalized spacial score (nSPS) is 22.2. The predicted octanol–water partition coefficient (Wildman–Crippen LogP) is 1.04. The Bertz CT molecular complexity index is 703. The number of halogens is 1. The van der Waals surface area contributed by atoms with Gasteiger partial charge in [0.25, 0.3) is 0 Å². The third-order valence-corrected chi connectivity index (χ3v) is 7.39. The van der Waals surface area contributed by atoms with Gasteiger partial charge in [-0.1, -0.05) is 6.92 Å². The first-order valence-corrected chi connectivity index (χ1v) is 10.1. The molecule has 1 aromatic heterocycles. The number of hydrogen-bond acceptors (Lipinski definition) is 5. The summed E-state index contributed by atoms with van der Waals surface area (Å²) in [5.74, 6) is -0.0675. The molecular formula is C11H15BrN2O4S2. The molecular weight excluding hydrogens is 368 g/mol. The summed E-state index contributed by atoms with van der Waals surface area (Å²) in [5, 5.41) is 0. The molecule has 2 rings (SSSR count). The van der Waals surface area contributed by atoms with Crippen molar-refractivity contribution in [1.29, 1.82) is 0 Å². The number of sulfonamides is 1. The van der Waals surface area contributed by atoms with Crippen molar-refractivity contribution in [3.05, 3.63) is 22.9 Å². The first kappa shape index (κ1) is 15.9. The van der Waals surface area contributed by atoms with Crippen LogP contribution in [0.15, 0.2) is 27.8 Å². The fourth-order valence-electron chi connectivity index (χ4n) is 2.30. The minimum absolute atomic E-state index is 0.0421. The third kappa shape index (κ3) is 3.21. The van der Waals surface area contributed by atoms with E-state index in [1.807, 2.05) is 0 Å². The van der Waals surface area contributed by atoms with Crippen molar-refractivity contribution in [2.75, 3.05) is 18.1 Å². The van der Waals surface area contributed by atoms with E-state index in [0.717, 1.165) is 0 Å². The highest BCUT2D eigenvalue weighted by atomic mass is 79.9. The Hall–Kier alpha value is -0.510. The molecule has 1 unspecified atom stereocenters. The maximum Gasteiger partial charge on any atom is 0.244 e. The lowest BCUT2D eigenvalue weighted by Crippen LogP contribution is -2.40. The molecule has 0 aliphatic carbocycles. The standard InChI is InChI=1S/C11H15BrN2O4S2/c1-2-14(10-3-4-19(15,16)8-10)20(17,18)11-5-9(12)6-13-7-11/h5-7,10H,2-4,8H2,1H3. The van der Waals surface area contributed by atoms with Gasteiger partial charge in [-0.3, -0.25) is 4.98 Å². The fraction of sp³-hybridized carbons (Fsp3) is 0.545. The van der Waals surface area contributed by atoms with E-state index in [0.29, 0.717) is 10.9 Å². The van der Waals surface area contributed by atoms with Crippen molar-refractivity contribution in [3.63, 3.8) is 0 Å². The summed E-state index contributed by atoms with van der Waals surface area (Å²) in [7, 11) is -6.86. The van der Waals surface area contributed by atoms with Gasteiger partial charge in [-0.05, 0) is 28.4 Å². The van der Waals surface area contributed by atoms with Crippen LogP contribution in [0, 0.1) is 0 Å². The highest BCUT2D eigenvalue weighted by molar-refractivity contribution is 9.10. The lowest BCUT2D eigenvalue weighted by Gasteiger charge is -2.25. The lowest BCUT2D eigenvalue weighted by molar-refractivity contribution is 0.354. The van der Waals surface area contributed by atoms with Gasteiger partial charge in [0, 0.05) is 29.5 Å². The summed E-state index contributed by atoms with van der Waals surface area (Å²) in [6, 6.07) is 0.975. The number of hydrogen-bond donors (Lipinski definition) is 0. The summed E-state index contributed by atoms with van der Waals surface area (Å²) in [4.78, 5) is 3.92. The van der Waals surface area contributed by atoms with Gasteiger partial charge in [-0.25, -0.2) is 16.8 Å². The Morgan fingerprint density at radius 2 is 2.15 bits per heavy atom. The summed E-state index contributed by atoms with van der Waals surface area (Å²) in [5.41, 5.74) is 0. The highest BCUT2D eigenvalue weighted by Gasteiger charge is 2.38. The molecule has 20 heavy (non-hydrogen) atoms. The molecule has 1 aliphatic rings. The van der Waals surface area contributed by atoms with Crippen LogP contribution >= 0.6 is 15.9 Å². The van der Waals surface area contributed by atoms with Crippen LogP contribution in [0.5, 0.6) is 0 Å². The number of rotatable bonds is 4. The summed E-state index contributed by atoms with van der Waals surface area (Å²) < 4.78 is 50.1. The first-order valence-electron chi connectivity index (χ1n) is 6.09. The fourth-order valence-corrected chi connectivity index (χ4v) is 6.29. The number of nitrogens with zero attached hydrogens (tertiary/aromatic N) is 2. The molecule has 0 spiro atoms. The quantitative estimate of drug-likeness (QED) is 0.776. The van der Waals surface area contributed by atoms with Crippen molar-refractivity contribution in [1.82, 2.24) is 9.29 Å². The Labute approximate surface area is 127 Å². The highest BCUT2D eigenvalue weighted by Crippen LogP contribution is 2.25. The van der Waals surface area contributed by atoms with E-state index in [1.165, 1.54) is 22.8 Å². The van der Waals surface area contributed by atoms with E-state index in [1.54, 1.807) is 6.92 Å². The van der Waals surface area contributed by atoms with Crippen LogP contribution in [-0.4, -0.2) is 50.2 Å². The largest absolute Gasteiger partial charge is 0.262 e. The van der Waals surface area contributed by atoms with Gasteiger partial charge in [0.1, 0.15) is 4.90 Å². The lowest BCUT2D eigenvalue weighted by atomic mass is 10.3. The molecule has 1 aliphatic heterocycles. The molecule has 0 N–H and O–H groups in total. The molecule has 2 heterocycles. The first-order chi connectivity index (χ1) is 9.26. The maximum absolute atomic E-state index is 12.6. The van der Waals surface area contributed by atoms with E-state index >= 15 is 0 Å². The Balaban J connectivity index is 2.36. The van der Waals surface area contributed by atoms with Crippen molar-refractivity contribution >= 4 is 35.8 Å².